The first kappa shape index (κ1) is 21.6. The van der Waals surface area contributed by atoms with Crippen LogP contribution in [-0.2, 0) is 24.3 Å². The summed E-state index contributed by atoms with van der Waals surface area (Å²) in [4.78, 5) is 27.8. The van der Waals surface area contributed by atoms with Gasteiger partial charge in [-0.25, -0.2) is 9.48 Å². The summed E-state index contributed by atoms with van der Waals surface area (Å²) < 4.78 is 8.64. The number of ether oxygens (including phenoxy) is 1. The number of aromatic nitrogens is 3. The summed E-state index contributed by atoms with van der Waals surface area (Å²) in [7, 11) is 1.68. The van der Waals surface area contributed by atoms with Gasteiger partial charge in [0.25, 0.3) is 0 Å². The number of rotatable bonds is 7. The average Bonchev–Trinajstić information content (AvgIpc) is 2.95. The SMILES string of the molecule is COc1ccccc1C(CNC(=O)Cn1nc2n(c1=O)CCCCC2)N1CCCCC1. The van der Waals surface area contributed by atoms with Gasteiger partial charge in [0.15, 0.2) is 0 Å². The molecule has 0 spiro atoms. The van der Waals surface area contributed by atoms with Crippen molar-refractivity contribution in [3.63, 3.8) is 0 Å². The van der Waals surface area contributed by atoms with E-state index in [4.69, 9.17) is 4.74 Å². The molecule has 1 aromatic heterocycles. The highest BCUT2D eigenvalue weighted by Crippen LogP contribution is 2.30. The highest BCUT2D eigenvalue weighted by atomic mass is 16.5. The zero-order chi connectivity index (χ0) is 21.6. The van der Waals surface area contributed by atoms with Crippen molar-refractivity contribution in [1.82, 2.24) is 24.6 Å². The van der Waals surface area contributed by atoms with Gasteiger partial charge in [0, 0.05) is 25.1 Å². The lowest BCUT2D eigenvalue weighted by Gasteiger charge is -2.35. The van der Waals surface area contributed by atoms with Crippen LogP contribution >= 0.6 is 0 Å². The third kappa shape index (κ3) is 5.01. The van der Waals surface area contributed by atoms with Crippen LogP contribution in [-0.4, -0.2) is 51.9 Å². The van der Waals surface area contributed by atoms with Crippen molar-refractivity contribution in [2.75, 3.05) is 26.7 Å². The molecule has 8 heteroatoms. The van der Waals surface area contributed by atoms with Crippen LogP contribution in [0.2, 0.25) is 0 Å². The molecule has 1 unspecified atom stereocenters. The van der Waals surface area contributed by atoms with Gasteiger partial charge in [-0.05, 0) is 44.8 Å². The summed E-state index contributed by atoms with van der Waals surface area (Å²) in [5.41, 5.74) is 0.905. The first-order chi connectivity index (χ1) is 15.2. The molecule has 1 N–H and O–H groups in total. The third-order valence-corrected chi connectivity index (χ3v) is 6.40. The van der Waals surface area contributed by atoms with E-state index in [0.717, 1.165) is 68.8 Å². The normalized spacial score (nSPS) is 18.1. The maximum absolute atomic E-state index is 12.7. The van der Waals surface area contributed by atoms with Gasteiger partial charge < -0.3 is 10.1 Å². The molecule has 1 saturated heterocycles. The summed E-state index contributed by atoms with van der Waals surface area (Å²) in [5.74, 6) is 1.45. The number of carbonyl (C=O) groups excluding carboxylic acids is 1. The number of benzene rings is 1. The van der Waals surface area contributed by atoms with Gasteiger partial charge in [0.05, 0.1) is 13.2 Å². The largest absolute Gasteiger partial charge is 0.496 e. The number of fused-ring (bicyclic) bond motifs is 1. The Morgan fingerprint density at radius 2 is 1.84 bits per heavy atom. The monoisotopic (exact) mass is 427 g/mol. The van der Waals surface area contributed by atoms with Crippen molar-refractivity contribution >= 4 is 5.91 Å². The fourth-order valence-electron chi connectivity index (χ4n) is 4.74. The van der Waals surface area contributed by atoms with Crippen LogP contribution in [0.25, 0.3) is 0 Å². The van der Waals surface area contributed by atoms with E-state index in [2.05, 4.69) is 21.4 Å². The van der Waals surface area contributed by atoms with Gasteiger partial charge in [-0.2, -0.15) is 5.10 Å². The second-order valence-electron chi connectivity index (χ2n) is 8.48. The number of carbonyl (C=O) groups is 1. The van der Waals surface area contributed by atoms with Crippen LogP contribution in [0, 0.1) is 0 Å². The summed E-state index contributed by atoms with van der Waals surface area (Å²) in [5, 5.41) is 7.48. The van der Waals surface area contributed by atoms with E-state index in [9.17, 15) is 9.59 Å². The summed E-state index contributed by atoms with van der Waals surface area (Å²) in [6.07, 6.45) is 7.51. The third-order valence-electron chi connectivity index (χ3n) is 6.40. The Morgan fingerprint density at radius 1 is 1.10 bits per heavy atom. The maximum Gasteiger partial charge on any atom is 0.346 e. The lowest BCUT2D eigenvalue weighted by atomic mass is 10.0. The molecule has 0 aliphatic carbocycles. The molecule has 3 heterocycles. The molecule has 2 aromatic rings. The van der Waals surface area contributed by atoms with Crippen molar-refractivity contribution in [2.24, 2.45) is 0 Å². The van der Waals surface area contributed by atoms with E-state index >= 15 is 0 Å². The van der Waals surface area contributed by atoms with Crippen molar-refractivity contribution in [3.8, 4) is 5.75 Å². The molecule has 8 nitrogen and oxygen atoms in total. The lowest BCUT2D eigenvalue weighted by Crippen LogP contribution is -2.42. The number of hydrogen-bond acceptors (Lipinski definition) is 5. The molecule has 2 aliphatic rings. The van der Waals surface area contributed by atoms with E-state index < -0.39 is 0 Å². The van der Waals surface area contributed by atoms with Gasteiger partial charge in [0.1, 0.15) is 18.1 Å². The number of likely N-dealkylation sites (tertiary alicyclic amines) is 1. The Morgan fingerprint density at radius 3 is 2.65 bits per heavy atom. The Balaban J connectivity index is 1.46. The predicted molar refractivity (Wildman–Crippen MR) is 118 cm³/mol. The summed E-state index contributed by atoms with van der Waals surface area (Å²) in [6, 6.07) is 8.04. The number of nitrogens with zero attached hydrogens (tertiary/aromatic N) is 4. The second kappa shape index (κ2) is 10.1. The molecule has 1 atom stereocenters. The van der Waals surface area contributed by atoms with Crippen molar-refractivity contribution in [3.05, 3.63) is 46.1 Å². The Kier molecular flexibility index (Phi) is 7.06. The molecule has 0 radical (unpaired) electrons. The van der Waals surface area contributed by atoms with Gasteiger partial charge >= 0.3 is 5.69 Å². The Labute approximate surface area is 183 Å². The molecule has 0 saturated carbocycles. The first-order valence-electron chi connectivity index (χ1n) is 11.5. The van der Waals surface area contributed by atoms with E-state index in [0.29, 0.717) is 13.1 Å². The van der Waals surface area contributed by atoms with Gasteiger partial charge in [0.2, 0.25) is 5.91 Å². The fraction of sp³-hybridized carbons (Fsp3) is 0.609. The Hall–Kier alpha value is -2.61. The molecule has 4 rings (SSSR count). The molecule has 168 valence electrons. The van der Waals surface area contributed by atoms with E-state index in [-0.39, 0.29) is 24.2 Å². The quantitative estimate of drug-likeness (QED) is 0.732. The van der Waals surface area contributed by atoms with Crippen LogP contribution < -0.4 is 15.7 Å². The molecular weight excluding hydrogens is 394 g/mol. The number of piperidine rings is 1. The number of methoxy groups -OCH3 is 1. The van der Waals surface area contributed by atoms with Crippen LogP contribution in [0.1, 0.15) is 56.0 Å². The van der Waals surface area contributed by atoms with Gasteiger partial charge in [-0.1, -0.05) is 31.0 Å². The minimum atomic E-state index is -0.188. The Bertz CT molecular complexity index is 945. The van der Waals surface area contributed by atoms with E-state index in [1.165, 1.54) is 11.1 Å². The summed E-state index contributed by atoms with van der Waals surface area (Å²) >= 11 is 0. The minimum Gasteiger partial charge on any atom is -0.496 e. The molecule has 1 amide bonds. The van der Waals surface area contributed by atoms with E-state index in [1.54, 1.807) is 11.7 Å². The predicted octanol–water partition coefficient (Wildman–Crippen LogP) is 2.12. The first-order valence-corrected chi connectivity index (χ1v) is 11.5. The van der Waals surface area contributed by atoms with Gasteiger partial charge in [-0.15, -0.1) is 0 Å². The number of aryl methyl sites for hydroxylation is 1. The number of para-hydroxylation sites is 1. The number of hydrogen-bond donors (Lipinski definition) is 1. The summed E-state index contributed by atoms with van der Waals surface area (Å²) in [6.45, 7) is 3.14. The van der Waals surface area contributed by atoms with Crippen molar-refractivity contribution in [1.29, 1.82) is 0 Å². The zero-order valence-corrected chi connectivity index (χ0v) is 18.4. The molecule has 1 aromatic carbocycles. The number of amides is 1. The maximum atomic E-state index is 12.7. The van der Waals surface area contributed by atoms with Crippen molar-refractivity contribution < 1.29 is 9.53 Å². The van der Waals surface area contributed by atoms with Crippen LogP contribution in [0.5, 0.6) is 5.75 Å². The molecular formula is C23H33N5O3. The molecule has 31 heavy (non-hydrogen) atoms. The molecule has 0 bridgehead atoms. The standard InChI is InChI=1S/C23H33N5O3/c1-31-20-11-6-5-10-18(20)19(26-13-7-3-8-14-26)16-24-22(29)17-28-23(30)27-15-9-2-4-12-21(27)25-28/h5-6,10-11,19H,2-4,7-9,12-17H2,1H3,(H,24,29). The van der Waals surface area contributed by atoms with Gasteiger partial charge in [-0.3, -0.25) is 14.3 Å². The average molecular weight is 428 g/mol. The fourth-order valence-corrected chi connectivity index (χ4v) is 4.74. The van der Waals surface area contributed by atoms with E-state index in [1.807, 2.05) is 18.2 Å². The smallest absolute Gasteiger partial charge is 0.346 e. The topological polar surface area (TPSA) is 81.4 Å². The van der Waals surface area contributed by atoms with Crippen LogP contribution in [0.4, 0.5) is 0 Å². The highest BCUT2D eigenvalue weighted by molar-refractivity contribution is 5.75. The highest BCUT2D eigenvalue weighted by Gasteiger charge is 2.25. The lowest BCUT2D eigenvalue weighted by molar-refractivity contribution is -0.122. The zero-order valence-electron chi connectivity index (χ0n) is 18.4. The number of nitrogens with one attached hydrogen (secondary N) is 1. The molecule has 1 fully saturated rings. The van der Waals surface area contributed by atoms with Crippen LogP contribution in [0.3, 0.4) is 0 Å². The van der Waals surface area contributed by atoms with Crippen LogP contribution in [0.15, 0.2) is 29.1 Å². The molecule has 2 aliphatic heterocycles. The second-order valence-corrected chi connectivity index (χ2v) is 8.48. The minimum absolute atomic E-state index is 0.0378. The van der Waals surface area contributed by atoms with Crippen molar-refractivity contribution in [2.45, 2.75) is 64.1 Å².